The lowest BCUT2D eigenvalue weighted by Gasteiger charge is -2.17. The van der Waals surface area contributed by atoms with Crippen LogP contribution in [0.5, 0.6) is 0 Å². The summed E-state index contributed by atoms with van der Waals surface area (Å²) in [7, 11) is 0. The molecule has 0 aliphatic heterocycles. The first-order valence-electron chi connectivity index (χ1n) is 5.29. The highest BCUT2D eigenvalue weighted by Gasteiger charge is 2.28. The standard InChI is InChI=1S/C13H13ClO3/c1-13(2,12(15)16)6-8-7-17-11-4-3-9(14)5-10(8)11/h3-5,7H,6H2,1-2H3,(H,15,16). The summed E-state index contributed by atoms with van der Waals surface area (Å²) in [5.74, 6) is -0.825. The summed E-state index contributed by atoms with van der Waals surface area (Å²) in [6, 6.07) is 5.34. The van der Waals surface area contributed by atoms with Crippen LogP contribution in [-0.4, -0.2) is 11.1 Å². The first kappa shape index (κ1) is 12.0. The van der Waals surface area contributed by atoms with Gasteiger partial charge in [0.15, 0.2) is 0 Å². The molecule has 1 N–H and O–H groups in total. The second kappa shape index (κ2) is 4.08. The lowest BCUT2D eigenvalue weighted by atomic mass is 9.86. The molecule has 0 saturated heterocycles. The van der Waals surface area contributed by atoms with Gasteiger partial charge in [-0.15, -0.1) is 0 Å². The Morgan fingerprint density at radius 1 is 1.47 bits per heavy atom. The second-order valence-corrected chi connectivity index (χ2v) is 5.20. The highest BCUT2D eigenvalue weighted by Crippen LogP contribution is 2.30. The van der Waals surface area contributed by atoms with E-state index < -0.39 is 11.4 Å². The summed E-state index contributed by atoms with van der Waals surface area (Å²) >= 11 is 5.92. The van der Waals surface area contributed by atoms with E-state index in [2.05, 4.69) is 0 Å². The molecular formula is C13H13ClO3. The summed E-state index contributed by atoms with van der Waals surface area (Å²) in [4.78, 5) is 11.1. The number of halogens is 1. The van der Waals surface area contributed by atoms with Crippen molar-refractivity contribution in [3.8, 4) is 0 Å². The molecule has 2 rings (SSSR count). The molecule has 1 aromatic heterocycles. The number of aliphatic carboxylic acids is 1. The van der Waals surface area contributed by atoms with Gasteiger partial charge < -0.3 is 9.52 Å². The maximum Gasteiger partial charge on any atom is 0.309 e. The highest BCUT2D eigenvalue weighted by atomic mass is 35.5. The molecule has 3 nitrogen and oxygen atoms in total. The fourth-order valence-electron chi connectivity index (χ4n) is 1.74. The average molecular weight is 253 g/mol. The van der Waals surface area contributed by atoms with Gasteiger partial charge in [-0.2, -0.15) is 0 Å². The normalized spacial score (nSPS) is 11.9. The Bertz CT molecular complexity index is 569. The third kappa shape index (κ3) is 2.29. The topological polar surface area (TPSA) is 50.4 Å². The van der Waals surface area contributed by atoms with Crippen LogP contribution in [0.2, 0.25) is 5.02 Å². The van der Waals surface area contributed by atoms with Crippen LogP contribution in [0.25, 0.3) is 11.0 Å². The number of benzene rings is 1. The van der Waals surface area contributed by atoms with Crippen molar-refractivity contribution in [3.05, 3.63) is 35.0 Å². The van der Waals surface area contributed by atoms with E-state index in [0.717, 1.165) is 16.5 Å². The number of carboxylic acids is 1. The van der Waals surface area contributed by atoms with Crippen molar-refractivity contribution in [2.45, 2.75) is 20.3 Å². The summed E-state index contributed by atoms with van der Waals surface area (Å²) < 4.78 is 5.38. The molecule has 2 aromatic rings. The number of fused-ring (bicyclic) bond motifs is 1. The molecule has 0 spiro atoms. The molecule has 0 aliphatic carbocycles. The number of hydrogen-bond donors (Lipinski definition) is 1. The maximum atomic E-state index is 11.1. The van der Waals surface area contributed by atoms with Gasteiger partial charge in [-0.3, -0.25) is 4.79 Å². The van der Waals surface area contributed by atoms with E-state index in [4.69, 9.17) is 21.1 Å². The van der Waals surface area contributed by atoms with Crippen molar-refractivity contribution < 1.29 is 14.3 Å². The van der Waals surface area contributed by atoms with Crippen molar-refractivity contribution in [1.82, 2.24) is 0 Å². The van der Waals surface area contributed by atoms with Gasteiger partial charge in [-0.1, -0.05) is 11.6 Å². The van der Waals surface area contributed by atoms with Crippen LogP contribution in [0.1, 0.15) is 19.4 Å². The minimum atomic E-state index is -0.825. The van der Waals surface area contributed by atoms with E-state index in [9.17, 15) is 4.79 Å². The zero-order valence-electron chi connectivity index (χ0n) is 9.66. The van der Waals surface area contributed by atoms with Gasteiger partial charge in [-0.05, 0) is 44.0 Å². The van der Waals surface area contributed by atoms with E-state index in [1.807, 2.05) is 0 Å². The van der Waals surface area contributed by atoms with Crippen molar-refractivity contribution in [2.75, 3.05) is 0 Å². The molecule has 1 aromatic carbocycles. The Hall–Kier alpha value is -1.48. The molecule has 0 radical (unpaired) electrons. The van der Waals surface area contributed by atoms with Crippen molar-refractivity contribution in [3.63, 3.8) is 0 Å². The minimum Gasteiger partial charge on any atom is -0.481 e. The minimum absolute atomic E-state index is 0.412. The Morgan fingerprint density at radius 3 is 2.82 bits per heavy atom. The number of carbonyl (C=O) groups is 1. The van der Waals surface area contributed by atoms with Gasteiger partial charge in [0.2, 0.25) is 0 Å². The molecule has 90 valence electrons. The van der Waals surface area contributed by atoms with Crippen LogP contribution in [-0.2, 0) is 11.2 Å². The third-order valence-electron chi connectivity index (χ3n) is 2.83. The monoisotopic (exact) mass is 252 g/mol. The van der Waals surface area contributed by atoms with Crippen LogP contribution in [0.15, 0.2) is 28.9 Å². The fourth-order valence-corrected chi connectivity index (χ4v) is 1.91. The summed E-state index contributed by atoms with van der Waals surface area (Å²) in [5.41, 5.74) is 0.777. The van der Waals surface area contributed by atoms with E-state index in [-0.39, 0.29) is 0 Å². The summed E-state index contributed by atoms with van der Waals surface area (Å²) in [6.45, 7) is 3.39. The number of rotatable bonds is 3. The number of carboxylic acid groups (broad SMARTS) is 1. The predicted molar refractivity (Wildman–Crippen MR) is 66.3 cm³/mol. The van der Waals surface area contributed by atoms with Gasteiger partial charge in [0.1, 0.15) is 5.58 Å². The first-order valence-corrected chi connectivity index (χ1v) is 5.67. The lowest BCUT2D eigenvalue weighted by Crippen LogP contribution is -2.26. The number of furan rings is 1. The van der Waals surface area contributed by atoms with Gasteiger partial charge in [-0.25, -0.2) is 0 Å². The zero-order chi connectivity index (χ0) is 12.6. The van der Waals surface area contributed by atoms with Gasteiger partial charge in [0.05, 0.1) is 11.7 Å². The van der Waals surface area contributed by atoms with Gasteiger partial charge in [0.25, 0.3) is 0 Å². The van der Waals surface area contributed by atoms with Crippen LogP contribution < -0.4 is 0 Å². The van der Waals surface area contributed by atoms with Crippen molar-refractivity contribution >= 4 is 28.5 Å². The Kier molecular flexibility index (Phi) is 2.87. The molecule has 0 amide bonds. The first-order chi connectivity index (χ1) is 7.90. The molecule has 0 bridgehead atoms. The van der Waals surface area contributed by atoms with Crippen molar-refractivity contribution in [2.24, 2.45) is 5.41 Å². The highest BCUT2D eigenvalue weighted by molar-refractivity contribution is 6.31. The fraction of sp³-hybridized carbons (Fsp3) is 0.308. The van der Waals surface area contributed by atoms with Crippen LogP contribution in [0, 0.1) is 5.41 Å². The SMILES string of the molecule is CC(C)(Cc1coc2ccc(Cl)cc12)C(=O)O. The largest absolute Gasteiger partial charge is 0.481 e. The predicted octanol–water partition coefficient (Wildman–Crippen LogP) is 3.74. The maximum absolute atomic E-state index is 11.1. The van der Waals surface area contributed by atoms with E-state index in [1.165, 1.54) is 0 Å². The molecular weight excluding hydrogens is 240 g/mol. The quantitative estimate of drug-likeness (QED) is 0.905. The number of hydrogen-bond acceptors (Lipinski definition) is 2. The molecule has 0 fully saturated rings. The molecule has 0 aliphatic rings. The van der Waals surface area contributed by atoms with E-state index in [1.54, 1.807) is 38.3 Å². The zero-order valence-corrected chi connectivity index (χ0v) is 10.4. The average Bonchev–Trinajstić information content (AvgIpc) is 2.60. The third-order valence-corrected chi connectivity index (χ3v) is 3.06. The summed E-state index contributed by atoms with van der Waals surface area (Å²) in [5, 5.41) is 10.6. The molecule has 17 heavy (non-hydrogen) atoms. The smallest absolute Gasteiger partial charge is 0.309 e. The molecule has 4 heteroatoms. The van der Waals surface area contributed by atoms with Crippen molar-refractivity contribution in [1.29, 1.82) is 0 Å². The van der Waals surface area contributed by atoms with Gasteiger partial charge >= 0.3 is 5.97 Å². The lowest BCUT2D eigenvalue weighted by molar-refractivity contribution is -0.146. The Morgan fingerprint density at radius 2 is 2.18 bits per heavy atom. The molecule has 0 atom stereocenters. The molecule has 0 saturated carbocycles. The van der Waals surface area contributed by atoms with E-state index >= 15 is 0 Å². The van der Waals surface area contributed by atoms with Gasteiger partial charge in [0, 0.05) is 10.4 Å². The molecule has 1 heterocycles. The second-order valence-electron chi connectivity index (χ2n) is 4.77. The Labute approximate surface area is 104 Å². The van der Waals surface area contributed by atoms with Crippen LogP contribution in [0.4, 0.5) is 0 Å². The van der Waals surface area contributed by atoms with Crippen LogP contribution >= 0.6 is 11.6 Å². The Balaban J connectivity index is 2.43. The van der Waals surface area contributed by atoms with Crippen LogP contribution in [0.3, 0.4) is 0 Å². The molecule has 0 unspecified atom stereocenters. The van der Waals surface area contributed by atoms with E-state index in [0.29, 0.717) is 11.4 Å². The summed E-state index contributed by atoms with van der Waals surface area (Å²) in [6.07, 6.45) is 2.02.